The van der Waals surface area contributed by atoms with Crippen LogP contribution in [0.4, 0.5) is 4.39 Å². The van der Waals surface area contributed by atoms with Crippen LogP contribution in [0.15, 0.2) is 18.2 Å². The molecule has 3 nitrogen and oxygen atoms in total. The van der Waals surface area contributed by atoms with Crippen LogP contribution in [0, 0.1) is 5.82 Å². The molecule has 0 bridgehead atoms. The molecule has 1 aliphatic rings. The molecule has 0 saturated carbocycles. The standard InChI is InChI=1S/C15H23BFNO2/c1-14(2)15(3,4)20-16(19-14)12-9-11(10-18(5)6)7-8-13(12)17/h7-9H,10H2,1-6H3. The van der Waals surface area contributed by atoms with E-state index in [9.17, 15) is 4.39 Å². The fraction of sp³-hybridized carbons (Fsp3) is 0.600. The minimum Gasteiger partial charge on any atom is -0.399 e. The lowest BCUT2D eigenvalue weighted by atomic mass is 9.78. The number of hydrogen-bond acceptors (Lipinski definition) is 3. The van der Waals surface area contributed by atoms with Gasteiger partial charge in [0.15, 0.2) is 0 Å². The summed E-state index contributed by atoms with van der Waals surface area (Å²) < 4.78 is 25.9. The normalized spacial score (nSPS) is 20.7. The number of halogens is 1. The van der Waals surface area contributed by atoms with Crippen molar-refractivity contribution in [2.24, 2.45) is 0 Å². The Kier molecular flexibility index (Phi) is 3.97. The van der Waals surface area contributed by atoms with Gasteiger partial charge < -0.3 is 14.2 Å². The number of nitrogens with zero attached hydrogens (tertiary/aromatic N) is 1. The molecule has 0 unspecified atom stereocenters. The quantitative estimate of drug-likeness (QED) is 0.792. The van der Waals surface area contributed by atoms with Crippen molar-refractivity contribution >= 4 is 12.6 Å². The first-order chi connectivity index (χ1) is 9.12. The largest absolute Gasteiger partial charge is 0.497 e. The van der Waals surface area contributed by atoms with Gasteiger partial charge in [-0.15, -0.1) is 0 Å². The van der Waals surface area contributed by atoms with Crippen LogP contribution in [0.25, 0.3) is 0 Å². The Morgan fingerprint density at radius 2 is 1.65 bits per heavy atom. The van der Waals surface area contributed by atoms with Crippen LogP contribution in [0.2, 0.25) is 0 Å². The SMILES string of the molecule is CN(C)Cc1ccc(F)c(B2OC(C)(C)C(C)(C)O2)c1. The van der Waals surface area contributed by atoms with Gasteiger partial charge in [0.2, 0.25) is 0 Å². The van der Waals surface area contributed by atoms with E-state index in [1.54, 1.807) is 6.07 Å². The molecule has 0 atom stereocenters. The summed E-state index contributed by atoms with van der Waals surface area (Å²) in [6.45, 7) is 8.62. The molecule has 0 aromatic heterocycles. The highest BCUT2D eigenvalue weighted by atomic mass is 19.1. The molecule has 0 aliphatic carbocycles. The van der Waals surface area contributed by atoms with Crippen molar-refractivity contribution in [3.63, 3.8) is 0 Å². The first-order valence-corrected chi connectivity index (χ1v) is 6.91. The Morgan fingerprint density at radius 1 is 1.10 bits per heavy atom. The first kappa shape index (κ1) is 15.5. The van der Waals surface area contributed by atoms with Crippen LogP contribution < -0.4 is 5.46 Å². The van der Waals surface area contributed by atoms with E-state index in [-0.39, 0.29) is 5.82 Å². The van der Waals surface area contributed by atoms with Crippen molar-refractivity contribution in [2.75, 3.05) is 14.1 Å². The third-order valence-electron chi connectivity index (χ3n) is 4.07. The third kappa shape index (κ3) is 2.90. The summed E-state index contributed by atoms with van der Waals surface area (Å²) in [5.41, 5.74) is 0.604. The van der Waals surface area contributed by atoms with E-state index < -0.39 is 18.3 Å². The predicted octanol–water partition coefficient (Wildman–Crippen LogP) is 2.19. The first-order valence-electron chi connectivity index (χ1n) is 6.91. The van der Waals surface area contributed by atoms with Crippen molar-refractivity contribution in [3.8, 4) is 0 Å². The summed E-state index contributed by atoms with van der Waals surface area (Å²) in [5, 5.41) is 0. The van der Waals surface area contributed by atoms with Crippen molar-refractivity contribution in [3.05, 3.63) is 29.6 Å². The molecule has 1 fully saturated rings. The smallest absolute Gasteiger partial charge is 0.399 e. The van der Waals surface area contributed by atoms with Crippen molar-refractivity contribution in [1.82, 2.24) is 4.90 Å². The van der Waals surface area contributed by atoms with E-state index >= 15 is 0 Å². The summed E-state index contributed by atoms with van der Waals surface area (Å²) in [6.07, 6.45) is 0. The fourth-order valence-corrected chi connectivity index (χ4v) is 2.21. The molecule has 1 aromatic carbocycles. The summed E-state index contributed by atoms with van der Waals surface area (Å²) >= 11 is 0. The van der Waals surface area contributed by atoms with Crippen molar-refractivity contribution in [2.45, 2.75) is 45.4 Å². The van der Waals surface area contributed by atoms with Crippen LogP contribution in [-0.4, -0.2) is 37.3 Å². The Hall–Kier alpha value is -0.905. The molecule has 5 heteroatoms. The Labute approximate surface area is 121 Å². The number of rotatable bonds is 3. The van der Waals surface area contributed by atoms with E-state index in [4.69, 9.17) is 9.31 Å². The zero-order valence-corrected chi connectivity index (χ0v) is 13.2. The van der Waals surface area contributed by atoms with Gasteiger partial charge in [0.1, 0.15) is 5.82 Å². The van der Waals surface area contributed by atoms with Gasteiger partial charge in [-0.05, 0) is 53.4 Å². The van der Waals surface area contributed by atoms with Crippen LogP contribution in [-0.2, 0) is 15.9 Å². The summed E-state index contributed by atoms with van der Waals surface area (Å²) in [4.78, 5) is 2.04. The van der Waals surface area contributed by atoms with Gasteiger partial charge in [0.25, 0.3) is 0 Å². The lowest BCUT2D eigenvalue weighted by molar-refractivity contribution is 0.00578. The average molecular weight is 279 g/mol. The third-order valence-corrected chi connectivity index (χ3v) is 4.07. The second-order valence-corrected chi connectivity index (χ2v) is 6.68. The zero-order chi connectivity index (χ0) is 15.1. The highest BCUT2D eigenvalue weighted by Gasteiger charge is 2.52. The van der Waals surface area contributed by atoms with E-state index in [0.29, 0.717) is 5.46 Å². The summed E-state index contributed by atoms with van der Waals surface area (Å²) in [6, 6.07) is 5.11. The molecule has 20 heavy (non-hydrogen) atoms. The Bertz CT molecular complexity index is 487. The maximum Gasteiger partial charge on any atom is 0.497 e. The highest BCUT2D eigenvalue weighted by Crippen LogP contribution is 2.36. The molecule has 0 N–H and O–H groups in total. The topological polar surface area (TPSA) is 21.7 Å². The average Bonchev–Trinajstić information content (AvgIpc) is 2.50. The van der Waals surface area contributed by atoms with Gasteiger partial charge in [-0.2, -0.15) is 0 Å². The molecule has 0 radical (unpaired) electrons. The van der Waals surface area contributed by atoms with Gasteiger partial charge in [-0.1, -0.05) is 12.1 Å². The molecule has 0 amide bonds. The van der Waals surface area contributed by atoms with Crippen molar-refractivity contribution < 1.29 is 13.7 Å². The van der Waals surface area contributed by atoms with Gasteiger partial charge in [0.05, 0.1) is 11.2 Å². The molecule has 1 aromatic rings. The maximum atomic E-state index is 14.1. The predicted molar refractivity (Wildman–Crippen MR) is 79.5 cm³/mol. The van der Waals surface area contributed by atoms with Gasteiger partial charge >= 0.3 is 7.12 Å². The van der Waals surface area contributed by atoms with Crippen LogP contribution in [0.1, 0.15) is 33.3 Å². The zero-order valence-electron chi connectivity index (χ0n) is 13.2. The molecule has 1 aliphatic heterocycles. The molecular formula is C15H23BFNO2. The molecule has 1 heterocycles. The Balaban J connectivity index is 2.30. The summed E-state index contributed by atoms with van der Waals surface area (Å²) in [5.74, 6) is -0.286. The van der Waals surface area contributed by atoms with Gasteiger partial charge in [-0.25, -0.2) is 4.39 Å². The molecule has 0 spiro atoms. The molecule has 1 saturated heterocycles. The second-order valence-electron chi connectivity index (χ2n) is 6.68. The van der Waals surface area contributed by atoms with E-state index in [1.165, 1.54) is 6.07 Å². The van der Waals surface area contributed by atoms with Crippen LogP contribution >= 0.6 is 0 Å². The Morgan fingerprint density at radius 3 is 2.15 bits per heavy atom. The molecule has 2 rings (SSSR count). The number of benzene rings is 1. The molecular weight excluding hydrogens is 256 g/mol. The fourth-order valence-electron chi connectivity index (χ4n) is 2.21. The minimum atomic E-state index is -0.651. The lowest BCUT2D eigenvalue weighted by Crippen LogP contribution is -2.41. The monoisotopic (exact) mass is 279 g/mol. The lowest BCUT2D eigenvalue weighted by Gasteiger charge is -2.32. The minimum absolute atomic E-state index is 0.286. The van der Waals surface area contributed by atoms with Crippen molar-refractivity contribution in [1.29, 1.82) is 0 Å². The van der Waals surface area contributed by atoms with E-state index in [2.05, 4.69) is 0 Å². The summed E-state index contributed by atoms with van der Waals surface area (Å²) in [7, 11) is 3.32. The second kappa shape index (κ2) is 5.13. The van der Waals surface area contributed by atoms with Gasteiger partial charge in [-0.3, -0.25) is 0 Å². The van der Waals surface area contributed by atoms with E-state index in [1.807, 2.05) is 52.8 Å². The van der Waals surface area contributed by atoms with Gasteiger partial charge in [0, 0.05) is 12.0 Å². The van der Waals surface area contributed by atoms with Crippen LogP contribution in [0.5, 0.6) is 0 Å². The number of hydrogen-bond donors (Lipinski definition) is 0. The van der Waals surface area contributed by atoms with Crippen LogP contribution in [0.3, 0.4) is 0 Å². The van der Waals surface area contributed by atoms with E-state index in [0.717, 1.165) is 12.1 Å². The highest BCUT2D eigenvalue weighted by molar-refractivity contribution is 6.62. The molecule has 110 valence electrons. The maximum absolute atomic E-state index is 14.1.